The standard InChI is InChI=1S/C20H20F3N3O/c1-2-18-9-10-19(27-18)14-26-13-17(12-25-26)24-11-3-4-15-5-7-16(8-6-15)20(21,22)23/h3,5-13,24H,2,4,14H2,1H3/b11-3+. The Labute approximate surface area is 155 Å². The zero-order valence-electron chi connectivity index (χ0n) is 14.8. The SMILES string of the molecule is CCc1ccc(Cn2cc(N/C=C/Cc3ccc(C(F)(F)F)cc3)cn2)o1. The maximum absolute atomic E-state index is 12.5. The largest absolute Gasteiger partial charge is 0.464 e. The molecule has 0 fully saturated rings. The smallest absolute Gasteiger partial charge is 0.416 e. The van der Waals surface area contributed by atoms with Gasteiger partial charge in [-0.3, -0.25) is 4.68 Å². The first-order valence-electron chi connectivity index (χ1n) is 8.62. The Kier molecular flexibility index (Phi) is 5.69. The van der Waals surface area contributed by atoms with Crippen molar-refractivity contribution in [1.82, 2.24) is 9.78 Å². The van der Waals surface area contributed by atoms with Gasteiger partial charge in [0.15, 0.2) is 0 Å². The summed E-state index contributed by atoms with van der Waals surface area (Å²) < 4.78 is 45.0. The fourth-order valence-corrected chi connectivity index (χ4v) is 2.56. The maximum Gasteiger partial charge on any atom is 0.416 e. The number of allylic oxidation sites excluding steroid dienone is 1. The quantitative estimate of drug-likeness (QED) is 0.611. The molecule has 3 rings (SSSR count). The summed E-state index contributed by atoms with van der Waals surface area (Å²) in [6.07, 6.45) is 4.24. The Balaban J connectivity index is 1.49. The van der Waals surface area contributed by atoms with Gasteiger partial charge >= 0.3 is 6.18 Å². The van der Waals surface area contributed by atoms with E-state index >= 15 is 0 Å². The topological polar surface area (TPSA) is 43.0 Å². The van der Waals surface area contributed by atoms with Crippen LogP contribution < -0.4 is 5.32 Å². The molecule has 142 valence electrons. The second-order valence-electron chi connectivity index (χ2n) is 6.09. The molecule has 0 saturated heterocycles. The van der Waals surface area contributed by atoms with Gasteiger partial charge in [-0.25, -0.2) is 0 Å². The molecule has 0 aliphatic rings. The van der Waals surface area contributed by atoms with Gasteiger partial charge in [0.25, 0.3) is 0 Å². The molecule has 2 aromatic heterocycles. The number of hydrogen-bond acceptors (Lipinski definition) is 3. The summed E-state index contributed by atoms with van der Waals surface area (Å²) in [5, 5.41) is 7.37. The van der Waals surface area contributed by atoms with Crippen molar-refractivity contribution >= 4 is 5.69 Å². The number of rotatable bonds is 7. The predicted molar refractivity (Wildman–Crippen MR) is 97.3 cm³/mol. The summed E-state index contributed by atoms with van der Waals surface area (Å²) >= 11 is 0. The number of aromatic nitrogens is 2. The number of anilines is 1. The second kappa shape index (κ2) is 8.16. The van der Waals surface area contributed by atoms with Crippen molar-refractivity contribution in [3.63, 3.8) is 0 Å². The van der Waals surface area contributed by atoms with Crippen LogP contribution in [0, 0.1) is 0 Å². The minimum Gasteiger partial charge on any atom is -0.464 e. The van der Waals surface area contributed by atoms with Gasteiger partial charge < -0.3 is 9.73 Å². The molecule has 0 aliphatic carbocycles. The molecule has 0 saturated carbocycles. The van der Waals surface area contributed by atoms with Crippen LogP contribution in [0.2, 0.25) is 0 Å². The van der Waals surface area contributed by atoms with Crippen molar-refractivity contribution in [2.45, 2.75) is 32.5 Å². The van der Waals surface area contributed by atoms with Crippen LogP contribution in [-0.4, -0.2) is 9.78 Å². The van der Waals surface area contributed by atoms with Crippen molar-refractivity contribution in [2.75, 3.05) is 5.32 Å². The van der Waals surface area contributed by atoms with E-state index in [1.165, 1.54) is 12.1 Å². The van der Waals surface area contributed by atoms with E-state index in [4.69, 9.17) is 4.42 Å². The molecule has 0 aliphatic heterocycles. The maximum atomic E-state index is 12.5. The van der Waals surface area contributed by atoms with E-state index in [9.17, 15) is 13.2 Å². The molecule has 0 spiro atoms. The van der Waals surface area contributed by atoms with Gasteiger partial charge in [0.1, 0.15) is 11.5 Å². The Bertz CT molecular complexity index is 892. The third-order valence-electron chi connectivity index (χ3n) is 4.02. The number of halogens is 3. The van der Waals surface area contributed by atoms with Crippen LogP contribution in [0.5, 0.6) is 0 Å². The number of nitrogens with one attached hydrogen (secondary N) is 1. The highest BCUT2D eigenvalue weighted by atomic mass is 19.4. The van der Waals surface area contributed by atoms with Crippen molar-refractivity contribution in [2.24, 2.45) is 0 Å². The molecule has 7 heteroatoms. The molecular weight excluding hydrogens is 355 g/mol. The van der Waals surface area contributed by atoms with Gasteiger partial charge in [0.05, 0.1) is 24.0 Å². The number of hydrogen-bond donors (Lipinski definition) is 1. The van der Waals surface area contributed by atoms with Crippen LogP contribution in [0.4, 0.5) is 18.9 Å². The molecule has 3 aromatic rings. The average molecular weight is 375 g/mol. The minimum absolute atomic E-state index is 0.533. The monoisotopic (exact) mass is 375 g/mol. The lowest BCUT2D eigenvalue weighted by atomic mass is 10.1. The zero-order valence-corrected chi connectivity index (χ0v) is 14.8. The van der Waals surface area contributed by atoms with Gasteiger partial charge in [-0.15, -0.1) is 0 Å². The molecule has 2 heterocycles. The number of alkyl halides is 3. The van der Waals surface area contributed by atoms with Crippen molar-refractivity contribution < 1.29 is 17.6 Å². The summed E-state index contributed by atoms with van der Waals surface area (Å²) in [4.78, 5) is 0. The Morgan fingerprint density at radius 1 is 1.11 bits per heavy atom. The Hall–Kier alpha value is -2.96. The van der Waals surface area contributed by atoms with E-state index in [-0.39, 0.29) is 0 Å². The van der Waals surface area contributed by atoms with E-state index in [0.29, 0.717) is 13.0 Å². The summed E-state index contributed by atoms with van der Waals surface area (Å²) in [6.45, 7) is 2.59. The lowest BCUT2D eigenvalue weighted by Crippen LogP contribution is -2.04. The fraction of sp³-hybridized carbons (Fsp3) is 0.250. The number of furan rings is 1. The number of benzene rings is 1. The molecule has 0 bridgehead atoms. The number of nitrogens with zero attached hydrogens (tertiary/aromatic N) is 2. The first-order valence-corrected chi connectivity index (χ1v) is 8.62. The van der Waals surface area contributed by atoms with Gasteiger partial charge in [-0.1, -0.05) is 25.1 Å². The normalized spacial score (nSPS) is 12.0. The van der Waals surface area contributed by atoms with E-state index in [1.54, 1.807) is 17.1 Å². The highest BCUT2D eigenvalue weighted by Gasteiger charge is 2.29. The molecule has 27 heavy (non-hydrogen) atoms. The lowest BCUT2D eigenvalue weighted by molar-refractivity contribution is -0.137. The van der Waals surface area contributed by atoms with Crippen molar-refractivity contribution in [3.05, 3.63) is 83.7 Å². The first kappa shape index (κ1) is 18.8. The van der Waals surface area contributed by atoms with Crippen molar-refractivity contribution in [3.8, 4) is 0 Å². The average Bonchev–Trinajstić information content (AvgIpc) is 3.28. The fourth-order valence-electron chi connectivity index (χ4n) is 2.56. The third kappa shape index (κ3) is 5.26. The molecular formula is C20H20F3N3O. The van der Waals surface area contributed by atoms with Crippen molar-refractivity contribution in [1.29, 1.82) is 0 Å². The Morgan fingerprint density at radius 3 is 2.52 bits per heavy atom. The first-order chi connectivity index (χ1) is 12.9. The summed E-state index contributed by atoms with van der Waals surface area (Å²) in [6, 6.07) is 9.07. The Morgan fingerprint density at radius 2 is 1.85 bits per heavy atom. The van der Waals surface area contributed by atoms with E-state index in [0.717, 1.165) is 41.3 Å². The van der Waals surface area contributed by atoms with Crippen LogP contribution in [0.3, 0.4) is 0 Å². The van der Waals surface area contributed by atoms with Gasteiger partial charge in [0, 0.05) is 12.6 Å². The van der Waals surface area contributed by atoms with Gasteiger partial charge in [-0.2, -0.15) is 18.3 Å². The van der Waals surface area contributed by atoms with E-state index in [1.807, 2.05) is 31.3 Å². The van der Waals surface area contributed by atoms with E-state index < -0.39 is 11.7 Å². The third-order valence-corrected chi connectivity index (χ3v) is 4.02. The molecule has 0 amide bonds. The molecule has 0 unspecified atom stereocenters. The molecule has 0 atom stereocenters. The van der Waals surface area contributed by atoms with Gasteiger partial charge in [-0.05, 0) is 42.4 Å². The lowest BCUT2D eigenvalue weighted by Gasteiger charge is -2.06. The van der Waals surface area contributed by atoms with Gasteiger partial charge in [0.2, 0.25) is 0 Å². The second-order valence-corrected chi connectivity index (χ2v) is 6.09. The highest BCUT2D eigenvalue weighted by molar-refractivity contribution is 5.41. The summed E-state index contributed by atoms with van der Waals surface area (Å²) in [5.74, 6) is 1.79. The van der Waals surface area contributed by atoms with Crippen LogP contribution >= 0.6 is 0 Å². The summed E-state index contributed by atoms with van der Waals surface area (Å²) in [5.41, 5.74) is 0.991. The molecule has 0 radical (unpaired) electrons. The van der Waals surface area contributed by atoms with Crippen LogP contribution in [0.25, 0.3) is 0 Å². The van der Waals surface area contributed by atoms with Crippen LogP contribution in [0.1, 0.15) is 29.6 Å². The highest BCUT2D eigenvalue weighted by Crippen LogP contribution is 2.29. The number of aryl methyl sites for hydroxylation is 1. The predicted octanol–water partition coefficient (Wildman–Crippen LogP) is 5.27. The van der Waals surface area contributed by atoms with E-state index in [2.05, 4.69) is 10.4 Å². The molecule has 4 nitrogen and oxygen atoms in total. The minimum atomic E-state index is -4.30. The van der Waals surface area contributed by atoms with Crippen LogP contribution in [0.15, 0.2) is 65.5 Å². The molecule has 1 N–H and O–H groups in total. The molecule has 1 aromatic carbocycles. The zero-order chi connectivity index (χ0) is 19.3. The summed E-state index contributed by atoms with van der Waals surface area (Å²) in [7, 11) is 0. The van der Waals surface area contributed by atoms with Crippen LogP contribution in [-0.2, 0) is 25.6 Å².